The van der Waals surface area contributed by atoms with Crippen LogP contribution in [0.1, 0.15) is 30.3 Å². The highest BCUT2D eigenvalue weighted by atomic mass is 16.2. The second-order valence-corrected chi connectivity index (χ2v) is 5.21. The van der Waals surface area contributed by atoms with E-state index in [1.165, 1.54) is 12.8 Å². The quantitative estimate of drug-likeness (QED) is 0.859. The van der Waals surface area contributed by atoms with Gasteiger partial charge in [0.25, 0.3) is 5.91 Å². The lowest BCUT2D eigenvalue weighted by Gasteiger charge is -2.21. The number of anilines is 1. The maximum absolute atomic E-state index is 12.3. The summed E-state index contributed by atoms with van der Waals surface area (Å²) in [5, 5.41) is 3.13. The predicted molar refractivity (Wildman–Crippen MR) is 81.0 cm³/mol. The Hall–Kier alpha value is -1.62. The summed E-state index contributed by atoms with van der Waals surface area (Å²) in [6.07, 6.45) is 2.56. The highest BCUT2D eigenvalue weighted by Crippen LogP contribution is 2.09. The zero-order valence-corrected chi connectivity index (χ0v) is 12.4. The molecule has 0 aromatic carbocycles. The van der Waals surface area contributed by atoms with Gasteiger partial charge >= 0.3 is 0 Å². The van der Waals surface area contributed by atoms with E-state index in [2.05, 4.69) is 15.2 Å². The van der Waals surface area contributed by atoms with Crippen LogP contribution in [0.3, 0.4) is 0 Å². The van der Waals surface area contributed by atoms with E-state index in [-0.39, 0.29) is 5.91 Å². The summed E-state index contributed by atoms with van der Waals surface area (Å²) in [6, 6.07) is 5.52. The number of nitrogens with one attached hydrogen (secondary N) is 1. The van der Waals surface area contributed by atoms with Gasteiger partial charge in [0.1, 0.15) is 11.5 Å². The summed E-state index contributed by atoms with van der Waals surface area (Å²) in [6.45, 7) is 6.85. The molecule has 110 valence electrons. The molecule has 20 heavy (non-hydrogen) atoms. The Morgan fingerprint density at radius 2 is 2.15 bits per heavy atom. The molecule has 0 atom stereocenters. The number of carbonyl (C=O) groups excluding carboxylic acids is 1. The van der Waals surface area contributed by atoms with Crippen molar-refractivity contribution in [2.75, 3.05) is 45.1 Å². The molecule has 2 rings (SSSR count). The first-order chi connectivity index (χ1) is 9.70. The Morgan fingerprint density at radius 3 is 2.85 bits per heavy atom. The molecule has 1 aliphatic rings. The summed E-state index contributed by atoms with van der Waals surface area (Å²) >= 11 is 0. The zero-order chi connectivity index (χ0) is 14.4. The van der Waals surface area contributed by atoms with Crippen LogP contribution in [0.2, 0.25) is 0 Å². The summed E-state index contributed by atoms with van der Waals surface area (Å²) in [4.78, 5) is 20.8. The highest BCUT2D eigenvalue weighted by molar-refractivity contribution is 5.92. The monoisotopic (exact) mass is 276 g/mol. The number of amides is 1. The van der Waals surface area contributed by atoms with Gasteiger partial charge in [-0.25, -0.2) is 4.98 Å². The van der Waals surface area contributed by atoms with Crippen molar-refractivity contribution in [3.8, 4) is 0 Å². The molecule has 0 aliphatic carbocycles. The van der Waals surface area contributed by atoms with Crippen LogP contribution < -0.4 is 5.32 Å². The van der Waals surface area contributed by atoms with Gasteiger partial charge in [0, 0.05) is 26.7 Å². The minimum atomic E-state index is -0.0102. The molecule has 0 bridgehead atoms. The lowest BCUT2D eigenvalue weighted by molar-refractivity contribution is 0.0776. The van der Waals surface area contributed by atoms with Crippen molar-refractivity contribution in [2.24, 2.45) is 0 Å². The topological polar surface area (TPSA) is 48.5 Å². The van der Waals surface area contributed by atoms with Gasteiger partial charge in [0.05, 0.1) is 0 Å². The van der Waals surface area contributed by atoms with Crippen molar-refractivity contribution in [3.63, 3.8) is 0 Å². The maximum Gasteiger partial charge on any atom is 0.272 e. The fourth-order valence-electron chi connectivity index (χ4n) is 2.43. The molecule has 2 heterocycles. The molecular weight excluding hydrogens is 252 g/mol. The second kappa shape index (κ2) is 7.24. The summed E-state index contributed by atoms with van der Waals surface area (Å²) < 4.78 is 0. The van der Waals surface area contributed by atoms with Crippen molar-refractivity contribution >= 4 is 11.7 Å². The predicted octanol–water partition coefficient (Wildman–Crippen LogP) is 1.68. The number of nitrogens with zero attached hydrogens (tertiary/aromatic N) is 3. The number of aromatic nitrogens is 1. The van der Waals surface area contributed by atoms with Gasteiger partial charge in [-0.3, -0.25) is 4.79 Å². The van der Waals surface area contributed by atoms with Gasteiger partial charge < -0.3 is 15.1 Å². The third-order valence-corrected chi connectivity index (χ3v) is 3.62. The zero-order valence-electron chi connectivity index (χ0n) is 12.4. The molecule has 1 amide bonds. The molecule has 0 radical (unpaired) electrons. The van der Waals surface area contributed by atoms with E-state index >= 15 is 0 Å². The third-order valence-electron chi connectivity index (χ3n) is 3.62. The normalized spacial score (nSPS) is 15.3. The number of rotatable bonds is 6. The van der Waals surface area contributed by atoms with Gasteiger partial charge in [0.2, 0.25) is 0 Å². The molecule has 1 aliphatic heterocycles. The van der Waals surface area contributed by atoms with Crippen molar-refractivity contribution in [2.45, 2.75) is 19.8 Å². The van der Waals surface area contributed by atoms with Crippen LogP contribution in [0.5, 0.6) is 0 Å². The second-order valence-electron chi connectivity index (χ2n) is 5.21. The van der Waals surface area contributed by atoms with E-state index in [0.717, 1.165) is 38.5 Å². The van der Waals surface area contributed by atoms with Gasteiger partial charge in [-0.05, 0) is 45.0 Å². The molecule has 0 saturated carbocycles. The highest BCUT2D eigenvalue weighted by Gasteiger charge is 2.16. The van der Waals surface area contributed by atoms with Gasteiger partial charge in [-0.1, -0.05) is 6.07 Å². The molecule has 1 fully saturated rings. The van der Waals surface area contributed by atoms with Gasteiger partial charge in [0.15, 0.2) is 0 Å². The number of hydrogen-bond donors (Lipinski definition) is 1. The lowest BCUT2D eigenvalue weighted by Crippen LogP contribution is -2.35. The molecule has 1 N–H and O–H groups in total. The SMILES string of the molecule is CCNc1cccc(C(=O)N(C)CCN2CCCC2)n1. The van der Waals surface area contributed by atoms with E-state index in [1.807, 2.05) is 26.1 Å². The average molecular weight is 276 g/mol. The van der Waals surface area contributed by atoms with Crippen molar-refractivity contribution < 1.29 is 4.79 Å². The van der Waals surface area contributed by atoms with Crippen LogP contribution in [0.15, 0.2) is 18.2 Å². The van der Waals surface area contributed by atoms with E-state index in [0.29, 0.717) is 5.69 Å². The van der Waals surface area contributed by atoms with E-state index in [1.54, 1.807) is 11.0 Å². The Kier molecular flexibility index (Phi) is 5.35. The first-order valence-corrected chi connectivity index (χ1v) is 7.39. The van der Waals surface area contributed by atoms with Crippen LogP contribution in [-0.4, -0.2) is 60.5 Å². The molecule has 5 heteroatoms. The largest absolute Gasteiger partial charge is 0.370 e. The van der Waals surface area contributed by atoms with Crippen molar-refractivity contribution in [3.05, 3.63) is 23.9 Å². The standard InChI is InChI=1S/C15H24N4O/c1-3-16-14-8-6-7-13(17-14)15(20)18(2)11-12-19-9-4-5-10-19/h6-8H,3-5,9-12H2,1-2H3,(H,16,17). The molecule has 1 aromatic heterocycles. The fraction of sp³-hybridized carbons (Fsp3) is 0.600. The Morgan fingerprint density at radius 1 is 1.40 bits per heavy atom. The first kappa shape index (κ1) is 14.8. The third kappa shape index (κ3) is 3.93. The summed E-state index contributed by atoms with van der Waals surface area (Å²) in [5.41, 5.74) is 0.507. The minimum absolute atomic E-state index is 0.0102. The molecular formula is C15H24N4O. The Bertz CT molecular complexity index is 443. The maximum atomic E-state index is 12.3. The van der Waals surface area contributed by atoms with E-state index < -0.39 is 0 Å². The number of likely N-dealkylation sites (N-methyl/N-ethyl adjacent to an activating group) is 1. The van der Waals surface area contributed by atoms with E-state index in [9.17, 15) is 4.79 Å². The molecule has 1 saturated heterocycles. The smallest absolute Gasteiger partial charge is 0.272 e. The summed E-state index contributed by atoms with van der Waals surface area (Å²) in [7, 11) is 1.85. The number of likely N-dealkylation sites (tertiary alicyclic amines) is 1. The Balaban J connectivity index is 1.89. The van der Waals surface area contributed by atoms with Crippen LogP contribution in [0.25, 0.3) is 0 Å². The van der Waals surface area contributed by atoms with Gasteiger partial charge in [-0.15, -0.1) is 0 Å². The fourth-order valence-corrected chi connectivity index (χ4v) is 2.43. The number of hydrogen-bond acceptors (Lipinski definition) is 4. The summed E-state index contributed by atoms with van der Waals surface area (Å²) in [5.74, 6) is 0.746. The van der Waals surface area contributed by atoms with Crippen LogP contribution in [0, 0.1) is 0 Å². The average Bonchev–Trinajstić information content (AvgIpc) is 2.98. The first-order valence-electron chi connectivity index (χ1n) is 7.39. The van der Waals surface area contributed by atoms with Gasteiger partial charge in [-0.2, -0.15) is 0 Å². The molecule has 0 unspecified atom stereocenters. The number of pyridine rings is 1. The van der Waals surface area contributed by atoms with E-state index in [4.69, 9.17) is 0 Å². The molecule has 1 aromatic rings. The lowest BCUT2D eigenvalue weighted by atomic mass is 10.3. The molecule has 0 spiro atoms. The van der Waals surface area contributed by atoms with Crippen LogP contribution >= 0.6 is 0 Å². The minimum Gasteiger partial charge on any atom is -0.370 e. The Labute approximate surface area is 121 Å². The van der Waals surface area contributed by atoms with Crippen LogP contribution in [0.4, 0.5) is 5.82 Å². The number of carbonyl (C=O) groups is 1. The van der Waals surface area contributed by atoms with Crippen molar-refractivity contribution in [1.29, 1.82) is 0 Å². The molecule has 5 nitrogen and oxygen atoms in total. The van der Waals surface area contributed by atoms with Crippen molar-refractivity contribution in [1.82, 2.24) is 14.8 Å². The van der Waals surface area contributed by atoms with Crippen LogP contribution in [-0.2, 0) is 0 Å².